The molecule has 0 radical (unpaired) electrons. The van der Waals surface area contributed by atoms with Crippen molar-refractivity contribution >= 4 is 11.3 Å². The number of aromatic nitrogens is 1. The summed E-state index contributed by atoms with van der Waals surface area (Å²) in [5.41, 5.74) is 6.70. The average molecular weight is 241 g/mol. The van der Waals surface area contributed by atoms with Gasteiger partial charge in [0.15, 0.2) is 0 Å². The van der Waals surface area contributed by atoms with Crippen LogP contribution in [0.3, 0.4) is 0 Å². The van der Waals surface area contributed by atoms with E-state index in [1.165, 1.54) is 12.1 Å². The standard InChI is InChI=1S/C12H23N3S/c1-10(5-4-6-13)7-15(3)8-12-9-16-11(2)14-12/h9-10H,4-8,13H2,1-3H3. The van der Waals surface area contributed by atoms with Crippen LogP contribution in [-0.4, -0.2) is 30.0 Å². The van der Waals surface area contributed by atoms with E-state index in [9.17, 15) is 0 Å². The van der Waals surface area contributed by atoms with Crippen LogP contribution in [-0.2, 0) is 6.54 Å². The van der Waals surface area contributed by atoms with Gasteiger partial charge in [0.1, 0.15) is 0 Å². The molecule has 1 aromatic rings. The van der Waals surface area contributed by atoms with Crippen molar-refractivity contribution in [2.45, 2.75) is 33.2 Å². The second kappa shape index (κ2) is 6.99. The van der Waals surface area contributed by atoms with Crippen molar-refractivity contribution in [1.82, 2.24) is 9.88 Å². The van der Waals surface area contributed by atoms with Gasteiger partial charge >= 0.3 is 0 Å². The SMILES string of the molecule is Cc1nc(CN(C)CC(C)CCCN)cs1. The number of hydrogen-bond acceptors (Lipinski definition) is 4. The van der Waals surface area contributed by atoms with Crippen molar-refractivity contribution in [3.8, 4) is 0 Å². The first-order valence-electron chi connectivity index (χ1n) is 5.91. The lowest BCUT2D eigenvalue weighted by molar-refractivity contribution is 0.267. The highest BCUT2D eigenvalue weighted by Crippen LogP contribution is 2.12. The lowest BCUT2D eigenvalue weighted by Crippen LogP contribution is -2.24. The Labute approximate surface area is 103 Å². The Bertz CT molecular complexity index is 298. The predicted octanol–water partition coefficient (Wildman–Crippen LogP) is 2.26. The Hall–Kier alpha value is -0.450. The number of hydrogen-bond donors (Lipinski definition) is 1. The van der Waals surface area contributed by atoms with Crippen molar-refractivity contribution in [1.29, 1.82) is 0 Å². The van der Waals surface area contributed by atoms with E-state index in [4.69, 9.17) is 5.73 Å². The van der Waals surface area contributed by atoms with Crippen molar-refractivity contribution in [2.24, 2.45) is 11.7 Å². The Balaban J connectivity index is 2.27. The number of nitrogens with zero attached hydrogens (tertiary/aromatic N) is 2. The van der Waals surface area contributed by atoms with Gasteiger partial charge in [-0.3, -0.25) is 0 Å². The summed E-state index contributed by atoms with van der Waals surface area (Å²) in [5, 5.41) is 3.30. The second-order valence-electron chi connectivity index (χ2n) is 4.59. The highest BCUT2D eigenvalue weighted by atomic mass is 32.1. The van der Waals surface area contributed by atoms with E-state index in [1.54, 1.807) is 11.3 Å². The maximum Gasteiger partial charge on any atom is 0.0897 e. The van der Waals surface area contributed by atoms with Gasteiger partial charge in [-0.25, -0.2) is 4.98 Å². The molecule has 0 aromatic carbocycles. The van der Waals surface area contributed by atoms with Crippen molar-refractivity contribution in [3.63, 3.8) is 0 Å². The molecule has 92 valence electrons. The van der Waals surface area contributed by atoms with Crippen molar-refractivity contribution in [3.05, 3.63) is 16.1 Å². The molecule has 4 heteroatoms. The molecule has 0 saturated carbocycles. The summed E-state index contributed by atoms with van der Waals surface area (Å²) in [6.07, 6.45) is 2.35. The fourth-order valence-electron chi connectivity index (χ4n) is 1.91. The van der Waals surface area contributed by atoms with E-state index in [0.29, 0.717) is 5.92 Å². The van der Waals surface area contributed by atoms with Crippen LogP contribution < -0.4 is 5.73 Å². The molecule has 1 aromatic heterocycles. The minimum absolute atomic E-state index is 0.716. The van der Waals surface area contributed by atoms with Crippen LogP contribution in [0.1, 0.15) is 30.5 Å². The smallest absolute Gasteiger partial charge is 0.0897 e. The Morgan fingerprint density at radius 3 is 2.88 bits per heavy atom. The fourth-order valence-corrected chi connectivity index (χ4v) is 2.52. The van der Waals surface area contributed by atoms with Gasteiger partial charge in [-0.05, 0) is 39.3 Å². The maximum absolute atomic E-state index is 5.51. The van der Waals surface area contributed by atoms with Crippen LogP contribution >= 0.6 is 11.3 Å². The van der Waals surface area contributed by atoms with Crippen LogP contribution in [0.2, 0.25) is 0 Å². The van der Waals surface area contributed by atoms with E-state index in [0.717, 1.165) is 31.1 Å². The molecule has 1 atom stereocenters. The van der Waals surface area contributed by atoms with Gasteiger partial charge in [0, 0.05) is 18.5 Å². The minimum atomic E-state index is 0.716. The number of aryl methyl sites for hydroxylation is 1. The molecule has 0 aliphatic carbocycles. The normalized spacial score (nSPS) is 13.3. The van der Waals surface area contributed by atoms with E-state index in [-0.39, 0.29) is 0 Å². The number of rotatable bonds is 7. The zero-order chi connectivity index (χ0) is 12.0. The van der Waals surface area contributed by atoms with Gasteiger partial charge in [0.25, 0.3) is 0 Å². The first-order chi connectivity index (χ1) is 7.61. The number of thiazole rings is 1. The van der Waals surface area contributed by atoms with E-state index >= 15 is 0 Å². The Morgan fingerprint density at radius 1 is 1.56 bits per heavy atom. The quantitative estimate of drug-likeness (QED) is 0.796. The molecule has 1 unspecified atom stereocenters. The fraction of sp³-hybridized carbons (Fsp3) is 0.750. The molecule has 0 fully saturated rings. The van der Waals surface area contributed by atoms with Crippen LogP contribution in [0.5, 0.6) is 0 Å². The molecule has 0 aliphatic heterocycles. The van der Waals surface area contributed by atoms with E-state index in [2.05, 4.69) is 36.2 Å². The van der Waals surface area contributed by atoms with Crippen LogP contribution in [0.4, 0.5) is 0 Å². The summed E-state index contributed by atoms with van der Waals surface area (Å²) in [6.45, 7) is 7.23. The van der Waals surface area contributed by atoms with Crippen LogP contribution in [0, 0.1) is 12.8 Å². The van der Waals surface area contributed by atoms with Gasteiger partial charge < -0.3 is 10.6 Å². The van der Waals surface area contributed by atoms with Crippen molar-refractivity contribution in [2.75, 3.05) is 20.1 Å². The molecular weight excluding hydrogens is 218 g/mol. The average Bonchev–Trinajstić information content (AvgIpc) is 2.60. The number of nitrogens with two attached hydrogens (primary N) is 1. The highest BCUT2D eigenvalue weighted by molar-refractivity contribution is 7.09. The van der Waals surface area contributed by atoms with Crippen LogP contribution in [0.15, 0.2) is 5.38 Å². The first kappa shape index (κ1) is 13.6. The van der Waals surface area contributed by atoms with E-state index < -0.39 is 0 Å². The van der Waals surface area contributed by atoms with Gasteiger partial charge in [-0.2, -0.15) is 0 Å². The third-order valence-corrected chi connectivity index (χ3v) is 3.45. The molecule has 3 nitrogen and oxygen atoms in total. The molecule has 0 spiro atoms. The van der Waals surface area contributed by atoms with Gasteiger partial charge in [-0.15, -0.1) is 11.3 Å². The first-order valence-corrected chi connectivity index (χ1v) is 6.79. The topological polar surface area (TPSA) is 42.2 Å². The maximum atomic E-state index is 5.51. The third kappa shape index (κ3) is 5.05. The molecule has 1 rings (SSSR count). The Morgan fingerprint density at radius 2 is 2.31 bits per heavy atom. The molecule has 0 bridgehead atoms. The molecule has 16 heavy (non-hydrogen) atoms. The summed E-state index contributed by atoms with van der Waals surface area (Å²) in [7, 11) is 2.16. The summed E-state index contributed by atoms with van der Waals surface area (Å²) in [5.74, 6) is 0.716. The molecule has 1 heterocycles. The van der Waals surface area contributed by atoms with E-state index in [1.807, 2.05) is 0 Å². The van der Waals surface area contributed by atoms with Gasteiger partial charge in [-0.1, -0.05) is 6.92 Å². The monoisotopic (exact) mass is 241 g/mol. The Kier molecular flexibility index (Phi) is 5.95. The van der Waals surface area contributed by atoms with Crippen molar-refractivity contribution < 1.29 is 0 Å². The summed E-state index contributed by atoms with van der Waals surface area (Å²) >= 11 is 1.72. The lowest BCUT2D eigenvalue weighted by Gasteiger charge is -2.20. The zero-order valence-corrected chi connectivity index (χ0v) is 11.4. The lowest BCUT2D eigenvalue weighted by atomic mass is 10.1. The molecular formula is C12H23N3S. The van der Waals surface area contributed by atoms with Gasteiger partial charge in [0.05, 0.1) is 10.7 Å². The largest absolute Gasteiger partial charge is 0.330 e. The molecule has 2 N–H and O–H groups in total. The predicted molar refractivity (Wildman–Crippen MR) is 70.6 cm³/mol. The third-order valence-electron chi connectivity index (χ3n) is 2.62. The highest BCUT2D eigenvalue weighted by Gasteiger charge is 2.08. The summed E-state index contributed by atoms with van der Waals surface area (Å²) in [6, 6.07) is 0. The minimum Gasteiger partial charge on any atom is -0.330 e. The molecule has 0 aliphatic rings. The summed E-state index contributed by atoms with van der Waals surface area (Å²) < 4.78 is 0. The molecule has 0 saturated heterocycles. The summed E-state index contributed by atoms with van der Waals surface area (Å²) in [4.78, 5) is 6.82. The molecule has 0 amide bonds. The second-order valence-corrected chi connectivity index (χ2v) is 5.65. The van der Waals surface area contributed by atoms with Gasteiger partial charge in [0.2, 0.25) is 0 Å². The zero-order valence-electron chi connectivity index (χ0n) is 10.6. The van der Waals surface area contributed by atoms with Crippen LogP contribution in [0.25, 0.3) is 0 Å².